The van der Waals surface area contributed by atoms with E-state index in [-0.39, 0.29) is 12.1 Å². The minimum Gasteiger partial charge on any atom is -0.393 e. The molecule has 1 saturated heterocycles. The maximum absolute atomic E-state index is 9.44. The largest absolute Gasteiger partial charge is 0.393 e. The van der Waals surface area contributed by atoms with Crippen molar-refractivity contribution in [3.8, 4) is 0 Å². The SMILES string of the molecule is CCc1noc([C@@H](C)N2CCC(O)CC2)n1. The van der Waals surface area contributed by atoms with E-state index in [1.165, 1.54) is 0 Å². The van der Waals surface area contributed by atoms with Crippen LogP contribution in [0.25, 0.3) is 0 Å². The van der Waals surface area contributed by atoms with E-state index in [9.17, 15) is 5.11 Å². The lowest BCUT2D eigenvalue weighted by atomic mass is 10.1. The minimum atomic E-state index is -0.141. The van der Waals surface area contributed by atoms with Crippen LogP contribution >= 0.6 is 0 Å². The Kier molecular flexibility index (Phi) is 3.56. The number of piperidine rings is 1. The summed E-state index contributed by atoms with van der Waals surface area (Å²) in [7, 11) is 0. The third kappa shape index (κ3) is 2.41. The molecule has 0 bridgehead atoms. The molecule has 16 heavy (non-hydrogen) atoms. The Hall–Kier alpha value is -0.940. The first kappa shape index (κ1) is 11.5. The Labute approximate surface area is 95.4 Å². The second-order valence-electron chi connectivity index (χ2n) is 4.35. The summed E-state index contributed by atoms with van der Waals surface area (Å²) in [6.45, 7) is 5.87. The molecular weight excluding hydrogens is 206 g/mol. The number of aromatic nitrogens is 2. The summed E-state index contributed by atoms with van der Waals surface area (Å²) >= 11 is 0. The van der Waals surface area contributed by atoms with Gasteiger partial charge in [0.25, 0.3) is 0 Å². The molecule has 0 saturated carbocycles. The van der Waals surface area contributed by atoms with Crippen LogP contribution in [0.3, 0.4) is 0 Å². The Balaban J connectivity index is 1.98. The normalized spacial score (nSPS) is 21.2. The lowest BCUT2D eigenvalue weighted by Crippen LogP contribution is -2.37. The van der Waals surface area contributed by atoms with E-state index in [2.05, 4.69) is 22.0 Å². The molecule has 0 aliphatic carbocycles. The van der Waals surface area contributed by atoms with E-state index >= 15 is 0 Å². The van der Waals surface area contributed by atoms with Crippen molar-refractivity contribution in [2.24, 2.45) is 0 Å². The molecule has 1 fully saturated rings. The number of likely N-dealkylation sites (tertiary alicyclic amines) is 1. The number of hydrogen-bond donors (Lipinski definition) is 1. The number of aliphatic hydroxyl groups is 1. The van der Waals surface area contributed by atoms with Crippen molar-refractivity contribution in [3.63, 3.8) is 0 Å². The lowest BCUT2D eigenvalue weighted by molar-refractivity contribution is 0.0564. The van der Waals surface area contributed by atoms with Gasteiger partial charge in [0.15, 0.2) is 5.82 Å². The van der Waals surface area contributed by atoms with Crippen LogP contribution in [0.15, 0.2) is 4.52 Å². The molecule has 90 valence electrons. The van der Waals surface area contributed by atoms with Gasteiger partial charge in [0.05, 0.1) is 12.1 Å². The van der Waals surface area contributed by atoms with Crippen molar-refractivity contribution in [2.45, 2.75) is 45.3 Å². The van der Waals surface area contributed by atoms with Crippen molar-refractivity contribution < 1.29 is 9.63 Å². The van der Waals surface area contributed by atoms with Gasteiger partial charge in [-0.3, -0.25) is 4.90 Å². The molecule has 1 atom stereocenters. The third-order valence-electron chi connectivity index (χ3n) is 3.20. The van der Waals surface area contributed by atoms with Crippen molar-refractivity contribution in [1.82, 2.24) is 15.0 Å². The first-order valence-corrected chi connectivity index (χ1v) is 5.95. The number of nitrogens with zero attached hydrogens (tertiary/aromatic N) is 3. The summed E-state index contributed by atoms with van der Waals surface area (Å²) in [5.74, 6) is 1.45. The van der Waals surface area contributed by atoms with Gasteiger partial charge in [0.1, 0.15) is 0 Å². The summed E-state index contributed by atoms with van der Waals surface area (Å²) < 4.78 is 5.23. The molecule has 2 heterocycles. The summed E-state index contributed by atoms with van der Waals surface area (Å²) in [6, 6.07) is 0.153. The Bertz CT molecular complexity index is 332. The zero-order valence-corrected chi connectivity index (χ0v) is 9.89. The first-order valence-electron chi connectivity index (χ1n) is 5.95. The fourth-order valence-electron chi connectivity index (χ4n) is 2.01. The fraction of sp³-hybridized carbons (Fsp3) is 0.818. The van der Waals surface area contributed by atoms with Crippen LogP contribution in [0, 0.1) is 0 Å². The molecule has 0 amide bonds. The summed E-state index contributed by atoms with van der Waals surface area (Å²) in [4.78, 5) is 6.62. The maximum atomic E-state index is 9.44. The molecule has 1 aliphatic rings. The second-order valence-corrected chi connectivity index (χ2v) is 4.35. The van der Waals surface area contributed by atoms with Crippen molar-refractivity contribution >= 4 is 0 Å². The van der Waals surface area contributed by atoms with E-state index in [0.29, 0.717) is 5.89 Å². The minimum absolute atomic E-state index is 0.141. The number of aryl methyl sites for hydroxylation is 1. The molecule has 1 aromatic rings. The molecule has 1 aliphatic heterocycles. The van der Waals surface area contributed by atoms with Gasteiger partial charge >= 0.3 is 0 Å². The van der Waals surface area contributed by atoms with Gasteiger partial charge in [0, 0.05) is 19.5 Å². The van der Waals surface area contributed by atoms with Crippen LogP contribution in [0.5, 0.6) is 0 Å². The average molecular weight is 225 g/mol. The zero-order valence-electron chi connectivity index (χ0n) is 9.89. The molecule has 2 rings (SSSR count). The smallest absolute Gasteiger partial charge is 0.243 e. The predicted molar refractivity (Wildman–Crippen MR) is 58.9 cm³/mol. The molecule has 1 N–H and O–H groups in total. The number of hydrogen-bond acceptors (Lipinski definition) is 5. The lowest BCUT2D eigenvalue weighted by Gasteiger charge is -2.32. The van der Waals surface area contributed by atoms with Gasteiger partial charge in [-0.15, -0.1) is 0 Å². The second kappa shape index (κ2) is 4.93. The molecule has 0 radical (unpaired) electrons. The van der Waals surface area contributed by atoms with Crippen LogP contribution in [-0.2, 0) is 6.42 Å². The topological polar surface area (TPSA) is 62.4 Å². The summed E-state index contributed by atoms with van der Waals surface area (Å²) in [5.41, 5.74) is 0. The number of aliphatic hydroxyl groups excluding tert-OH is 1. The van der Waals surface area contributed by atoms with E-state index in [1.807, 2.05) is 6.92 Å². The highest BCUT2D eigenvalue weighted by molar-refractivity contribution is 4.93. The Morgan fingerprint density at radius 2 is 2.19 bits per heavy atom. The van der Waals surface area contributed by atoms with Gasteiger partial charge < -0.3 is 9.63 Å². The van der Waals surface area contributed by atoms with Gasteiger partial charge in [-0.25, -0.2) is 0 Å². The monoisotopic (exact) mass is 225 g/mol. The van der Waals surface area contributed by atoms with Crippen molar-refractivity contribution in [1.29, 1.82) is 0 Å². The van der Waals surface area contributed by atoms with Crippen LogP contribution in [-0.4, -0.2) is 39.3 Å². The average Bonchev–Trinajstić information content (AvgIpc) is 2.77. The van der Waals surface area contributed by atoms with Gasteiger partial charge in [-0.2, -0.15) is 4.98 Å². The highest BCUT2D eigenvalue weighted by Crippen LogP contribution is 2.22. The third-order valence-corrected chi connectivity index (χ3v) is 3.20. The maximum Gasteiger partial charge on any atom is 0.243 e. The summed E-state index contributed by atoms with van der Waals surface area (Å²) in [6.07, 6.45) is 2.32. The fourth-order valence-corrected chi connectivity index (χ4v) is 2.01. The van der Waals surface area contributed by atoms with Crippen molar-refractivity contribution in [3.05, 3.63) is 11.7 Å². The highest BCUT2D eigenvalue weighted by Gasteiger charge is 2.25. The predicted octanol–water partition coefficient (Wildman–Crippen LogP) is 1.15. The first-order chi connectivity index (χ1) is 7.70. The van der Waals surface area contributed by atoms with E-state index in [1.54, 1.807) is 0 Å². The molecule has 1 aromatic heterocycles. The zero-order chi connectivity index (χ0) is 11.5. The highest BCUT2D eigenvalue weighted by atomic mass is 16.5. The molecule has 0 spiro atoms. The van der Waals surface area contributed by atoms with Crippen LogP contribution in [0.2, 0.25) is 0 Å². The van der Waals surface area contributed by atoms with Gasteiger partial charge in [-0.1, -0.05) is 12.1 Å². The van der Waals surface area contributed by atoms with E-state index in [4.69, 9.17) is 4.52 Å². The standard InChI is InChI=1S/C11H19N3O2/c1-3-10-12-11(16-13-10)8(2)14-6-4-9(15)5-7-14/h8-9,15H,3-7H2,1-2H3/t8-/m1/s1. The quantitative estimate of drug-likeness (QED) is 0.836. The van der Waals surface area contributed by atoms with Gasteiger partial charge in [0.2, 0.25) is 5.89 Å². The molecule has 5 nitrogen and oxygen atoms in total. The molecule has 0 unspecified atom stereocenters. The summed E-state index contributed by atoms with van der Waals surface area (Å²) in [5, 5.41) is 13.3. The van der Waals surface area contributed by atoms with Gasteiger partial charge in [-0.05, 0) is 19.8 Å². The molecule has 5 heteroatoms. The number of rotatable bonds is 3. The molecule has 0 aromatic carbocycles. The Morgan fingerprint density at radius 3 is 2.75 bits per heavy atom. The Morgan fingerprint density at radius 1 is 1.50 bits per heavy atom. The van der Waals surface area contributed by atoms with Crippen LogP contribution < -0.4 is 0 Å². The van der Waals surface area contributed by atoms with E-state index in [0.717, 1.165) is 38.2 Å². The van der Waals surface area contributed by atoms with Crippen molar-refractivity contribution in [2.75, 3.05) is 13.1 Å². The van der Waals surface area contributed by atoms with Crippen LogP contribution in [0.1, 0.15) is 44.4 Å². The molecular formula is C11H19N3O2. The van der Waals surface area contributed by atoms with E-state index < -0.39 is 0 Å². The van der Waals surface area contributed by atoms with Crippen LogP contribution in [0.4, 0.5) is 0 Å².